The number of carbonyl (C=O) groups is 1. The standard InChI is InChI=1S/C30H30N2O2S/c1-22-26(20-25-16-8-9-17-27(25)35-31-18-10-11-19-31)29(23-12-4-2-5-13-23)30(32(22)21-28(33)34)24-14-6-3-7-15-24/h2-9,12-17H,10-11,18-21H2,1H3,(H,33,34). The Morgan fingerprint density at radius 1 is 0.857 bits per heavy atom. The molecule has 4 nitrogen and oxygen atoms in total. The molecule has 1 N–H and O–H groups in total. The summed E-state index contributed by atoms with van der Waals surface area (Å²) in [7, 11) is 0. The first-order valence-electron chi connectivity index (χ1n) is 12.2. The third kappa shape index (κ3) is 5.07. The van der Waals surface area contributed by atoms with E-state index in [0.29, 0.717) is 0 Å². The van der Waals surface area contributed by atoms with Crippen LogP contribution in [0.2, 0.25) is 0 Å². The van der Waals surface area contributed by atoms with E-state index >= 15 is 0 Å². The Balaban J connectivity index is 1.68. The number of hydrogen-bond donors (Lipinski definition) is 1. The summed E-state index contributed by atoms with van der Waals surface area (Å²) in [5.74, 6) is -0.837. The summed E-state index contributed by atoms with van der Waals surface area (Å²) in [5.41, 5.74) is 7.70. The number of hydrogen-bond acceptors (Lipinski definition) is 3. The lowest BCUT2D eigenvalue weighted by molar-refractivity contribution is -0.137. The molecule has 4 aromatic rings. The normalized spacial score (nSPS) is 13.9. The number of rotatable bonds is 8. The first kappa shape index (κ1) is 23.5. The zero-order chi connectivity index (χ0) is 24.2. The molecular formula is C30H30N2O2S. The zero-order valence-electron chi connectivity index (χ0n) is 20.0. The van der Waals surface area contributed by atoms with E-state index in [1.54, 1.807) is 0 Å². The Kier molecular flexibility index (Phi) is 7.07. The van der Waals surface area contributed by atoms with Gasteiger partial charge in [-0.25, -0.2) is 4.31 Å². The summed E-state index contributed by atoms with van der Waals surface area (Å²) in [6.45, 7) is 4.24. The van der Waals surface area contributed by atoms with Crippen LogP contribution in [0.4, 0.5) is 0 Å². The smallest absolute Gasteiger partial charge is 0.323 e. The molecule has 35 heavy (non-hydrogen) atoms. The van der Waals surface area contributed by atoms with Crippen LogP contribution in [-0.2, 0) is 17.8 Å². The summed E-state index contributed by atoms with van der Waals surface area (Å²) < 4.78 is 4.43. The summed E-state index contributed by atoms with van der Waals surface area (Å²) in [6.07, 6.45) is 3.26. The van der Waals surface area contributed by atoms with E-state index in [0.717, 1.165) is 47.6 Å². The third-order valence-electron chi connectivity index (χ3n) is 6.69. The summed E-state index contributed by atoms with van der Waals surface area (Å²) in [4.78, 5) is 13.2. The minimum absolute atomic E-state index is 0.0694. The number of aliphatic carboxylic acids is 1. The van der Waals surface area contributed by atoms with Crippen LogP contribution >= 0.6 is 11.9 Å². The number of carboxylic acids is 1. The second kappa shape index (κ2) is 10.5. The Morgan fingerprint density at radius 3 is 2.11 bits per heavy atom. The third-order valence-corrected chi connectivity index (χ3v) is 7.90. The molecule has 5 rings (SSSR count). The van der Waals surface area contributed by atoms with Gasteiger partial charge in [-0.05, 0) is 60.0 Å². The molecule has 0 unspecified atom stereocenters. The molecule has 1 aliphatic rings. The van der Waals surface area contributed by atoms with Gasteiger partial charge in [0, 0.05) is 35.7 Å². The first-order chi connectivity index (χ1) is 17.1. The predicted octanol–water partition coefficient (Wildman–Crippen LogP) is 6.91. The van der Waals surface area contributed by atoms with Crippen molar-refractivity contribution in [2.45, 2.75) is 37.6 Å². The number of nitrogens with zero attached hydrogens (tertiary/aromatic N) is 2. The Labute approximate surface area is 211 Å². The highest BCUT2D eigenvalue weighted by Crippen LogP contribution is 2.41. The van der Waals surface area contributed by atoms with E-state index in [1.807, 2.05) is 40.8 Å². The number of carboxylic acid groups (broad SMARTS) is 1. The highest BCUT2D eigenvalue weighted by atomic mass is 32.2. The second-order valence-corrected chi connectivity index (χ2v) is 10.2. The van der Waals surface area contributed by atoms with Crippen molar-refractivity contribution < 1.29 is 9.90 Å². The molecule has 1 saturated heterocycles. The summed E-state index contributed by atoms with van der Waals surface area (Å²) in [6, 6.07) is 29.2. The monoisotopic (exact) mass is 482 g/mol. The SMILES string of the molecule is Cc1c(Cc2ccccc2SN2CCCC2)c(-c2ccccc2)c(-c2ccccc2)n1CC(=O)O. The van der Waals surface area contributed by atoms with Crippen LogP contribution in [0.3, 0.4) is 0 Å². The Hall–Kier alpha value is -3.28. The molecule has 5 heteroatoms. The summed E-state index contributed by atoms with van der Waals surface area (Å²) >= 11 is 1.86. The molecule has 0 atom stereocenters. The molecule has 1 aromatic heterocycles. The van der Waals surface area contributed by atoms with Crippen LogP contribution < -0.4 is 0 Å². The molecule has 0 amide bonds. The van der Waals surface area contributed by atoms with Crippen LogP contribution in [-0.4, -0.2) is 33.0 Å². The van der Waals surface area contributed by atoms with Crippen LogP contribution in [0.1, 0.15) is 29.7 Å². The van der Waals surface area contributed by atoms with E-state index in [1.165, 1.54) is 28.9 Å². The molecule has 178 valence electrons. The van der Waals surface area contributed by atoms with E-state index in [2.05, 4.69) is 71.9 Å². The molecule has 0 radical (unpaired) electrons. The van der Waals surface area contributed by atoms with Crippen molar-refractivity contribution in [2.24, 2.45) is 0 Å². The quantitative estimate of drug-likeness (QED) is 0.277. The van der Waals surface area contributed by atoms with Gasteiger partial charge in [0.1, 0.15) is 6.54 Å². The van der Waals surface area contributed by atoms with Gasteiger partial charge in [0.15, 0.2) is 0 Å². The van der Waals surface area contributed by atoms with Crippen LogP contribution in [0.5, 0.6) is 0 Å². The highest BCUT2D eigenvalue weighted by molar-refractivity contribution is 7.97. The van der Waals surface area contributed by atoms with Crippen molar-refractivity contribution in [3.8, 4) is 22.4 Å². The molecule has 0 aliphatic carbocycles. The lowest BCUT2D eigenvalue weighted by atomic mass is 9.93. The van der Waals surface area contributed by atoms with Gasteiger partial charge in [0.2, 0.25) is 0 Å². The van der Waals surface area contributed by atoms with Gasteiger partial charge >= 0.3 is 5.97 Å². The fourth-order valence-corrected chi connectivity index (χ4v) is 6.11. The summed E-state index contributed by atoms with van der Waals surface area (Å²) in [5, 5.41) is 9.80. The minimum atomic E-state index is -0.837. The fourth-order valence-electron chi connectivity index (χ4n) is 5.00. The van der Waals surface area contributed by atoms with E-state index in [-0.39, 0.29) is 6.54 Å². The zero-order valence-corrected chi connectivity index (χ0v) is 20.8. The molecule has 0 bridgehead atoms. The predicted molar refractivity (Wildman–Crippen MR) is 144 cm³/mol. The van der Waals surface area contributed by atoms with Crippen LogP contribution in [0.25, 0.3) is 22.4 Å². The second-order valence-electron chi connectivity index (χ2n) is 9.01. The van der Waals surface area contributed by atoms with Gasteiger partial charge in [0.05, 0.1) is 5.69 Å². The maximum absolute atomic E-state index is 11.9. The van der Waals surface area contributed by atoms with Gasteiger partial charge in [-0.1, -0.05) is 78.9 Å². The van der Waals surface area contributed by atoms with Crippen LogP contribution in [0, 0.1) is 6.92 Å². The van der Waals surface area contributed by atoms with E-state index in [4.69, 9.17) is 0 Å². The number of aromatic nitrogens is 1. The molecule has 0 spiro atoms. The van der Waals surface area contributed by atoms with Gasteiger partial charge < -0.3 is 9.67 Å². The minimum Gasteiger partial charge on any atom is -0.480 e. The fraction of sp³-hybridized carbons (Fsp3) is 0.233. The molecule has 2 heterocycles. The molecule has 1 aliphatic heterocycles. The van der Waals surface area contributed by atoms with E-state index in [9.17, 15) is 9.90 Å². The van der Waals surface area contributed by atoms with Crippen molar-refractivity contribution in [1.29, 1.82) is 0 Å². The molecule has 1 fully saturated rings. The lowest BCUT2D eigenvalue weighted by Gasteiger charge is -2.17. The van der Waals surface area contributed by atoms with Gasteiger partial charge in [-0.2, -0.15) is 0 Å². The van der Waals surface area contributed by atoms with Crippen molar-refractivity contribution in [3.63, 3.8) is 0 Å². The molecule has 3 aromatic carbocycles. The van der Waals surface area contributed by atoms with Crippen molar-refractivity contribution in [2.75, 3.05) is 13.1 Å². The van der Waals surface area contributed by atoms with Crippen molar-refractivity contribution >= 4 is 17.9 Å². The van der Waals surface area contributed by atoms with Gasteiger partial charge in [-0.3, -0.25) is 4.79 Å². The largest absolute Gasteiger partial charge is 0.480 e. The average Bonchev–Trinajstić information content (AvgIpc) is 3.48. The highest BCUT2D eigenvalue weighted by Gasteiger charge is 2.25. The maximum atomic E-state index is 11.9. The van der Waals surface area contributed by atoms with Crippen molar-refractivity contribution in [1.82, 2.24) is 8.87 Å². The molecular weight excluding hydrogens is 452 g/mol. The number of benzene rings is 3. The van der Waals surface area contributed by atoms with Gasteiger partial charge in [0.25, 0.3) is 0 Å². The van der Waals surface area contributed by atoms with Gasteiger partial charge in [-0.15, -0.1) is 0 Å². The first-order valence-corrected chi connectivity index (χ1v) is 12.9. The van der Waals surface area contributed by atoms with E-state index < -0.39 is 5.97 Å². The maximum Gasteiger partial charge on any atom is 0.323 e. The van der Waals surface area contributed by atoms with Crippen molar-refractivity contribution in [3.05, 3.63) is 102 Å². The van der Waals surface area contributed by atoms with Crippen LogP contribution in [0.15, 0.2) is 89.8 Å². The molecule has 0 saturated carbocycles. The lowest BCUT2D eigenvalue weighted by Crippen LogP contribution is -2.12. The topological polar surface area (TPSA) is 45.5 Å². The Bertz CT molecular complexity index is 1310. The average molecular weight is 483 g/mol. The Morgan fingerprint density at radius 2 is 1.46 bits per heavy atom.